The van der Waals surface area contributed by atoms with Gasteiger partial charge in [0, 0.05) is 40.4 Å². The second-order valence-corrected chi connectivity index (χ2v) is 14.0. The third kappa shape index (κ3) is 4.25. The molecule has 0 radical (unpaired) electrons. The monoisotopic (exact) mass is 638 g/mol. The van der Waals surface area contributed by atoms with E-state index in [0.717, 1.165) is 22.6 Å². The Morgan fingerprint density at radius 2 is 1.02 bits per heavy atom. The van der Waals surface area contributed by atoms with E-state index in [1.54, 1.807) is 0 Å². The largest absolute Gasteiger partial charge is 0.310 e. The van der Waals surface area contributed by atoms with Crippen LogP contribution < -0.4 is 4.90 Å². The highest BCUT2D eigenvalue weighted by atomic mass is 15.1. The number of nitrogens with zero attached hydrogens (tertiary/aromatic N) is 2. The first-order valence-corrected chi connectivity index (χ1v) is 17.4. The molecular formula is C48H34N2. The Kier molecular flexibility index (Phi) is 6.25. The number of hydrogen-bond donors (Lipinski definition) is 0. The predicted molar refractivity (Wildman–Crippen MR) is 209 cm³/mol. The summed E-state index contributed by atoms with van der Waals surface area (Å²) in [7, 11) is 0. The normalized spacial score (nSPS) is 13.2. The molecule has 0 aliphatic heterocycles. The van der Waals surface area contributed by atoms with Crippen LogP contribution in [0.1, 0.15) is 25.0 Å². The number of aromatic nitrogens is 1. The number of anilines is 3. The Hall–Kier alpha value is -6.25. The zero-order valence-corrected chi connectivity index (χ0v) is 28.1. The molecule has 2 nitrogen and oxygen atoms in total. The minimum Gasteiger partial charge on any atom is -0.310 e. The first kappa shape index (κ1) is 28.7. The molecule has 2 heteroatoms. The average Bonchev–Trinajstić information content (AvgIpc) is 3.32. The zero-order valence-electron chi connectivity index (χ0n) is 28.1. The molecule has 236 valence electrons. The summed E-state index contributed by atoms with van der Waals surface area (Å²) in [4.78, 5) is 7.03. The van der Waals surface area contributed by atoms with Crippen molar-refractivity contribution in [2.75, 3.05) is 4.90 Å². The van der Waals surface area contributed by atoms with Crippen molar-refractivity contribution in [1.82, 2.24) is 4.98 Å². The molecule has 0 bridgehead atoms. The van der Waals surface area contributed by atoms with Crippen LogP contribution in [0, 0.1) is 0 Å². The summed E-state index contributed by atoms with van der Waals surface area (Å²) in [6.45, 7) is 4.71. The van der Waals surface area contributed by atoms with Crippen LogP contribution in [0.5, 0.6) is 0 Å². The molecule has 0 N–H and O–H groups in total. The van der Waals surface area contributed by atoms with Gasteiger partial charge in [-0.15, -0.1) is 0 Å². The van der Waals surface area contributed by atoms with Gasteiger partial charge in [0.25, 0.3) is 0 Å². The fourth-order valence-electron chi connectivity index (χ4n) is 8.47. The Labute approximate surface area is 293 Å². The summed E-state index contributed by atoms with van der Waals surface area (Å²) in [5.41, 5.74) is 18.4. The van der Waals surface area contributed by atoms with Gasteiger partial charge in [-0.2, -0.15) is 0 Å². The Balaban J connectivity index is 1.20. The second-order valence-electron chi connectivity index (χ2n) is 14.0. The smallest absolute Gasteiger partial charge is 0.0468 e. The Morgan fingerprint density at radius 1 is 0.420 bits per heavy atom. The van der Waals surface area contributed by atoms with Gasteiger partial charge in [-0.3, -0.25) is 4.98 Å². The zero-order chi connectivity index (χ0) is 33.4. The number of rotatable bonds is 4. The molecular weight excluding hydrogens is 605 g/mol. The van der Waals surface area contributed by atoms with E-state index in [9.17, 15) is 0 Å². The number of benzene rings is 7. The summed E-state index contributed by atoms with van der Waals surface area (Å²) in [6, 6.07) is 58.0. The molecule has 7 aromatic carbocycles. The van der Waals surface area contributed by atoms with Crippen molar-refractivity contribution >= 4 is 27.8 Å². The number of hydrogen-bond acceptors (Lipinski definition) is 2. The highest BCUT2D eigenvalue weighted by Gasteiger charge is 2.36. The lowest BCUT2D eigenvalue weighted by Crippen LogP contribution is -2.16. The topological polar surface area (TPSA) is 16.1 Å². The molecule has 0 unspecified atom stereocenters. The maximum absolute atomic E-state index is 4.60. The van der Waals surface area contributed by atoms with Crippen LogP contribution in [-0.4, -0.2) is 4.98 Å². The molecule has 50 heavy (non-hydrogen) atoms. The highest BCUT2D eigenvalue weighted by molar-refractivity contribution is 6.13. The second kappa shape index (κ2) is 10.9. The van der Waals surface area contributed by atoms with Crippen molar-refractivity contribution in [2.24, 2.45) is 0 Å². The lowest BCUT2D eigenvalue weighted by molar-refractivity contribution is 0.660. The van der Waals surface area contributed by atoms with Gasteiger partial charge in [0.2, 0.25) is 0 Å². The molecule has 8 aromatic rings. The molecule has 0 saturated carbocycles. The molecule has 1 heterocycles. The molecule has 2 aliphatic rings. The van der Waals surface area contributed by atoms with E-state index in [-0.39, 0.29) is 5.41 Å². The van der Waals surface area contributed by atoms with Gasteiger partial charge in [-0.05, 0) is 114 Å². The first-order valence-electron chi connectivity index (χ1n) is 17.4. The lowest BCUT2D eigenvalue weighted by atomic mass is 9.82. The van der Waals surface area contributed by atoms with Crippen LogP contribution in [0.15, 0.2) is 170 Å². The van der Waals surface area contributed by atoms with Crippen molar-refractivity contribution < 1.29 is 0 Å². The molecule has 0 amide bonds. The molecule has 0 saturated heterocycles. The van der Waals surface area contributed by atoms with Gasteiger partial charge in [0.05, 0.1) is 0 Å². The van der Waals surface area contributed by atoms with E-state index in [1.165, 1.54) is 72.0 Å². The van der Waals surface area contributed by atoms with Crippen LogP contribution in [0.4, 0.5) is 17.1 Å². The van der Waals surface area contributed by atoms with Crippen LogP contribution in [-0.2, 0) is 5.41 Å². The summed E-state index contributed by atoms with van der Waals surface area (Å²) < 4.78 is 0. The van der Waals surface area contributed by atoms with E-state index < -0.39 is 0 Å². The van der Waals surface area contributed by atoms with Gasteiger partial charge in [0.1, 0.15) is 0 Å². The van der Waals surface area contributed by atoms with Crippen molar-refractivity contribution in [3.8, 4) is 55.6 Å². The van der Waals surface area contributed by atoms with Gasteiger partial charge in [0.15, 0.2) is 0 Å². The van der Waals surface area contributed by atoms with Gasteiger partial charge >= 0.3 is 0 Å². The third-order valence-corrected chi connectivity index (χ3v) is 10.9. The average molecular weight is 639 g/mol. The van der Waals surface area contributed by atoms with E-state index in [2.05, 4.69) is 181 Å². The maximum Gasteiger partial charge on any atom is 0.0468 e. The van der Waals surface area contributed by atoms with Gasteiger partial charge in [-0.25, -0.2) is 0 Å². The van der Waals surface area contributed by atoms with Gasteiger partial charge in [-0.1, -0.05) is 129 Å². The molecule has 10 rings (SSSR count). The predicted octanol–water partition coefficient (Wildman–Crippen LogP) is 13.0. The lowest BCUT2D eigenvalue weighted by Gasteiger charge is -2.29. The molecule has 2 aliphatic carbocycles. The summed E-state index contributed by atoms with van der Waals surface area (Å²) in [5.74, 6) is 0. The quantitative estimate of drug-likeness (QED) is 0.191. The van der Waals surface area contributed by atoms with E-state index in [4.69, 9.17) is 0 Å². The van der Waals surface area contributed by atoms with Gasteiger partial charge < -0.3 is 4.90 Å². The van der Waals surface area contributed by atoms with Crippen LogP contribution in [0.2, 0.25) is 0 Å². The SMILES string of the molecule is CC1(C)c2ccccc2-c2ccc(N(c3ccc(-c4ccccc4)cc3)c3ccc4c(c3)-c3cccc5cccc(c35)-c3ccncc3-4)cc21. The van der Waals surface area contributed by atoms with E-state index in [1.807, 2.05) is 12.4 Å². The van der Waals surface area contributed by atoms with Crippen molar-refractivity contribution in [2.45, 2.75) is 19.3 Å². The minimum atomic E-state index is -0.103. The number of fused-ring (bicyclic) bond motifs is 8. The molecule has 0 atom stereocenters. The summed E-state index contributed by atoms with van der Waals surface area (Å²) in [5, 5.41) is 2.53. The minimum absolute atomic E-state index is 0.103. The molecule has 0 fully saturated rings. The Morgan fingerprint density at radius 3 is 1.82 bits per heavy atom. The highest BCUT2D eigenvalue weighted by Crippen LogP contribution is 2.52. The molecule has 0 spiro atoms. The fourth-order valence-corrected chi connectivity index (χ4v) is 8.47. The number of pyridine rings is 1. The first-order chi connectivity index (χ1) is 24.6. The van der Waals surface area contributed by atoms with Crippen molar-refractivity contribution in [1.29, 1.82) is 0 Å². The van der Waals surface area contributed by atoms with Crippen LogP contribution in [0.3, 0.4) is 0 Å². The van der Waals surface area contributed by atoms with E-state index >= 15 is 0 Å². The van der Waals surface area contributed by atoms with Crippen molar-refractivity contribution in [3.05, 3.63) is 181 Å². The van der Waals surface area contributed by atoms with Crippen LogP contribution >= 0.6 is 0 Å². The van der Waals surface area contributed by atoms with Crippen LogP contribution in [0.25, 0.3) is 66.4 Å². The third-order valence-electron chi connectivity index (χ3n) is 10.9. The summed E-state index contributed by atoms with van der Waals surface area (Å²) >= 11 is 0. The maximum atomic E-state index is 4.60. The van der Waals surface area contributed by atoms with Crippen molar-refractivity contribution in [3.63, 3.8) is 0 Å². The molecule has 1 aromatic heterocycles. The Bertz CT molecular complexity index is 2610. The standard InChI is InChI=1S/C48H34N2/c1-48(2)45-17-7-6-14-39(45)40-25-23-36(29-46(40)48)50(34-20-18-32(19-21-34)31-10-4-3-5-11-31)35-22-24-37-43(28-35)42-16-9-13-33-12-8-15-41(47(33)42)38-26-27-49-30-44(37)38/h3-30H,1-2H3. The fraction of sp³-hybridized carbons (Fsp3) is 0.0625. The summed E-state index contributed by atoms with van der Waals surface area (Å²) in [6.07, 6.45) is 3.94. The van der Waals surface area contributed by atoms with E-state index in [0.29, 0.717) is 0 Å².